The van der Waals surface area contributed by atoms with Gasteiger partial charge in [-0.2, -0.15) is 13.2 Å². The quantitative estimate of drug-likeness (QED) is 0.452. The van der Waals surface area contributed by atoms with Gasteiger partial charge in [-0.1, -0.05) is 31.0 Å². The van der Waals surface area contributed by atoms with Gasteiger partial charge in [0.25, 0.3) is 0 Å². The molecule has 4 nitrogen and oxygen atoms in total. The summed E-state index contributed by atoms with van der Waals surface area (Å²) in [5, 5.41) is 11.0. The Bertz CT molecular complexity index is 1040. The number of hydrogen-bond donors (Lipinski definition) is 1. The van der Waals surface area contributed by atoms with E-state index in [9.17, 15) is 18.3 Å². The van der Waals surface area contributed by atoms with E-state index in [4.69, 9.17) is 9.47 Å². The molecule has 1 heterocycles. The third-order valence-corrected chi connectivity index (χ3v) is 7.66. The lowest BCUT2D eigenvalue weighted by atomic mass is 9.83. The summed E-state index contributed by atoms with van der Waals surface area (Å²) in [4.78, 5) is 2.06. The highest BCUT2D eigenvalue weighted by Crippen LogP contribution is 2.46. The Labute approximate surface area is 210 Å². The number of ether oxygens (including phenoxy) is 2. The summed E-state index contributed by atoms with van der Waals surface area (Å²) < 4.78 is 66.5. The van der Waals surface area contributed by atoms with E-state index in [-0.39, 0.29) is 18.8 Å². The van der Waals surface area contributed by atoms with Crippen molar-refractivity contribution in [3.63, 3.8) is 0 Å². The number of aliphatic hydroxyl groups is 1. The van der Waals surface area contributed by atoms with Gasteiger partial charge in [-0.15, -0.1) is 0 Å². The largest absolute Gasteiger partial charge is 0.493 e. The highest BCUT2D eigenvalue weighted by Gasteiger charge is 2.40. The van der Waals surface area contributed by atoms with Gasteiger partial charge in [0.05, 0.1) is 25.9 Å². The van der Waals surface area contributed by atoms with Gasteiger partial charge in [0.15, 0.2) is 11.5 Å². The molecule has 0 bridgehead atoms. The van der Waals surface area contributed by atoms with Crippen LogP contribution in [0.5, 0.6) is 11.5 Å². The smallest absolute Gasteiger partial charge is 0.416 e. The number of fused-ring (bicyclic) bond motifs is 1. The Kier molecular flexibility index (Phi) is 8.15. The van der Waals surface area contributed by atoms with E-state index in [2.05, 4.69) is 4.90 Å². The number of nitrogens with zero attached hydrogens (tertiary/aromatic N) is 1. The van der Waals surface area contributed by atoms with Crippen molar-refractivity contribution in [1.82, 2.24) is 4.90 Å². The molecule has 1 fully saturated rings. The van der Waals surface area contributed by atoms with Crippen molar-refractivity contribution in [2.24, 2.45) is 5.92 Å². The third kappa shape index (κ3) is 6.14. The predicted molar refractivity (Wildman–Crippen MR) is 130 cm³/mol. The topological polar surface area (TPSA) is 41.9 Å². The molecule has 1 N–H and O–H groups in total. The van der Waals surface area contributed by atoms with Crippen LogP contribution in [0.15, 0.2) is 36.4 Å². The van der Waals surface area contributed by atoms with Crippen molar-refractivity contribution in [2.45, 2.75) is 69.4 Å². The molecular weight excluding hydrogens is 474 g/mol. The number of benzene rings is 2. The van der Waals surface area contributed by atoms with Crippen molar-refractivity contribution in [2.75, 3.05) is 27.3 Å². The number of methoxy groups -OCH3 is 2. The molecule has 0 saturated carbocycles. The van der Waals surface area contributed by atoms with Crippen LogP contribution in [0.4, 0.5) is 17.6 Å². The lowest BCUT2D eigenvalue weighted by Gasteiger charge is -2.31. The second kappa shape index (κ2) is 11.0. The third-order valence-electron chi connectivity index (χ3n) is 7.66. The molecule has 3 atom stereocenters. The summed E-state index contributed by atoms with van der Waals surface area (Å²) in [6.07, 6.45) is -1.13. The van der Waals surface area contributed by atoms with Crippen molar-refractivity contribution >= 4 is 0 Å². The first-order valence-electron chi connectivity index (χ1n) is 12.6. The molecule has 0 aromatic heterocycles. The van der Waals surface area contributed by atoms with Crippen LogP contribution in [0, 0.1) is 5.92 Å². The molecule has 3 unspecified atom stereocenters. The maximum absolute atomic E-state index is 16.3. The summed E-state index contributed by atoms with van der Waals surface area (Å²) in [5.41, 5.74) is 0.182. The molecule has 0 radical (unpaired) electrons. The number of rotatable bonds is 6. The van der Waals surface area contributed by atoms with Gasteiger partial charge in [-0.25, -0.2) is 4.39 Å². The molecule has 2 aromatic carbocycles. The van der Waals surface area contributed by atoms with Crippen LogP contribution < -0.4 is 9.47 Å². The minimum Gasteiger partial charge on any atom is -0.493 e. The maximum atomic E-state index is 16.3. The Balaban J connectivity index is 1.44. The van der Waals surface area contributed by atoms with Crippen LogP contribution in [0.1, 0.15) is 66.9 Å². The summed E-state index contributed by atoms with van der Waals surface area (Å²) in [7, 11) is 3.11. The van der Waals surface area contributed by atoms with Gasteiger partial charge >= 0.3 is 6.18 Å². The minimum atomic E-state index is -4.38. The summed E-state index contributed by atoms with van der Waals surface area (Å²) in [6.45, 7) is 1.55. The Hall–Kier alpha value is -2.32. The molecule has 1 saturated heterocycles. The molecule has 0 spiro atoms. The predicted octanol–water partition coefficient (Wildman–Crippen LogP) is 6.49. The maximum Gasteiger partial charge on any atom is 0.416 e. The molecular formula is C28H35F4NO3. The average Bonchev–Trinajstić information content (AvgIpc) is 3.18. The Morgan fingerprint density at radius 3 is 2.47 bits per heavy atom. The van der Waals surface area contributed by atoms with E-state index in [1.165, 1.54) is 12.1 Å². The highest BCUT2D eigenvalue weighted by atomic mass is 19.4. The van der Waals surface area contributed by atoms with Crippen LogP contribution >= 0.6 is 0 Å². The van der Waals surface area contributed by atoms with E-state index in [0.29, 0.717) is 43.0 Å². The fourth-order valence-electron chi connectivity index (χ4n) is 5.71. The molecule has 4 rings (SSSR count). The SMILES string of the molecule is COc1cc2c(cc1OC)C(O)C(CC1(F)CCCCCN(Cc3cccc(C(F)(F)F)c3)CC1)C2. The molecule has 2 aliphatic rings. The normalized spacial score (nSPS) is 25.5. The van der Waals surface area contributed by atoms with Gasteiger partial charge in [0.2, 0.25) is 0 Å². The van der Waals surface area contributed by atoms with Crippen molar-refractivity contribution in [3.05, 3.63) is 58.7 Å². The standard InChI is InChI=1S/C28H35F4NO3/c1-35-24-15-20-14-21(26(34)23(20)16-25(24)36-2)17-27(29)9-4-3-5-11-33(12-10-27)18-19-7-6-8-22(13-19)28(30,31)32/h6-8,13,15-16,21,26,34H,3-5,9-12,14,17-18H2,1-2H3. The summed E-state index contributed by atoms with van der Waals surface area (Å²) >= 11 is 0. The fourth-order valence-corrected chi connectivity index (χ4v) is 5.71. The lowest BCUT2D eigenvalue weighted by Crippen LogP contribution is -2.34. The van der Waals surface area contributed by atoms with Gasteiger partial charge < -0.3 is 14.6 Å². The molecule has 1 aliphatic carbocycles. The molecule has 0 amide bonds. The molecule has 36 heavy (non-hydrogen) atoms. The second-order valence-electron chi connectivity index (χ2n) is 10.2. The second-order valence-corrected chi connectivity index (χ2v) is 10.2. The van der Waals surface area contributed by atoms with Crippen LogP contribution in [-0.4, -0.2) is 43.0 Å². The minimum absolute atomic E-state index is 0.241. The monoisotopic (exact) mass is 509 g/mol. The number of halogens is 4. The molecule has 8 heteroatoms. The van der Waals surface area contributed by atoms with Gasteiger partial charge in [0.1, 0.15) is 5.67 Å². The van der Waals surface area contributed by atoms with Crippen LogP contribution in [-0.2, 0) is 19.1 Å². The first-order chi connectivity index (χ1) is 17.1. The zero-order valence-corrected chi connectivity index (χ0v) is 20.9. The van der Waals surface area contributed by atoms with E-state index >= 15 is 4.39 Å². The first kappa shape index (κ1) is 26.7. The fraction of sp³-hybridized carbons (Fsp3) is 0.571. The summed E-state index contributed by atoms with van der Waals surface area (Å²) in [6, 6.07) is 9.02. The number of hydrogen-bond acceptors (Lipinski definition) is 4. The van der Waals surface area contributed by atoms with E-state index < -0.39 is 23.5 Å². The van der Waals surface area contributed by atoms with Gasteiger partial charge in [-0.3, -0.25) is 4.90 Å². The Morgan fingerprint density at radius 1 is 1.00 bits per heavy atom. The zero-order chi connectivity index (χ0) is 25.9. The van der Waals surface area contributed by atoms with Gasteiger partial charge in [-0.05, 0) is 79.5 Å². The first-order valence-corrected chi connectivity index (χ1v) is 12.6. The zero-order valence-electron chi connectivity index (χ0n) is 20.9. The van der Waals surface area contributed by atoms with E-state index in [1.54, 1.807) is 26.4 Å². The molecule has 1 aliphatic heterocycles. The van der Waals surface area contributed by atoms with Crippen molar-refractivity contribution in [1.29, 1.82) is 0 Å². The highest BCUT2D eigenvalue weighted by molar-refractivity contribution is 5.50. The van der Waals surface area contributed by atoms with Crippen LogP contribution in [0.3, 0.4) is 0 Å². The average molecular weight is 510 g/mol. The van der Waals surface area contributed by atoms with Gasteiger partial charge in [0, 0.05) is 13.1 Å². The number of alkyl halides is 4. The van der Waals surface area contributed by atoms with Crippen molar-refractivity contribution < 1.29 is 32.1 Å². The lowest BCUT2D eigenvalue weighted by molar-refractivity contribution is -0.137. The summed E-state index contributed by atoms with van der Waals surface area (Å²) in [5.74, 6) is 0.879. The van der Waals surface area contributed by atoms with Crippen LogP contribution in [0.2, 0.25) is 0 Å². The van der Waals surface area contributed by atoms with E-state index in [1.807, 2.05) is 6.07 Å². The van der Waals surface area contributed by atoms with Crippen LogP contribution in [0.25, 0.3) is 0 Å². The Morgan fingerprint density at radius 2 is 1.75 bits per heavy atom. The van der Waals surface area contributed by atoms with E-state index in [0.717, 1.165) is 43.0 Å². The molecule has 198 valence electrons. The molecule has 2 aromatic rings. The van der Waals surface area contributed by atoms with Crippen molar-refractivity contribution in [3.8, 4) is 11.5 Å². The number of aliphatic hydroxyl groups excluding tert-OH is 1.